The maximum Gasteiger partial charge on any atom is 0.335 e. The number of rotatable bonds is 8. The summed E-state index contributed by atoms with van der Waals surface area (Å²) in [5, 5.41) is 14.1. The summed E-state index contributed by atoms with van der Waals surface area (Å²) in [5.41, 5.74) is 0.735. The highest BCUT2D eigenvalue weighted by molar-refractivity contribution is 5.91. The van der Waals surface area contributed by atoms with Crippen LogP contribution < -0.4 is 10.6 Å². The number of carboxylic acids is 1. The Morgan fingerprint density at radius 2 is 1.90 bits per heavy atom. The molecule has 0 unspecified atom stereocenters. The van der Waals surface area contributed by atoms with Crippen molar-refractivity contribution in [2.45, 2.75) is 19.8 Å². The first-order chi connectivity index (χ1) is 9.63. The Kier molecular flexibility index (Phi) is 7.13. The molecule has 0 atom stereocenters. The number of hydrogen-bond acceptors (Lipinski definition) is 3. The van der Waals surface area contributed by atoms with Gasteiger partial charge in [0.2, 0.25) is 0 Å². The lowest BCUT2D eigenvalue weighted by Gasteiger charge is -2.08. The molecule has 6 nitrogen and oxygen atoms in total. The highest BCUT2D eigenvalue weighted by Crippen LogP contribution is 2.09. The predicted molar refractivity (Wildman–Crippen MR) is 76.1 cm³/mol. The van der Waals surface area contributed by atoms with E-state index in [1.807, 2.05) is 6.92 Å². The number of ether oxygens (including phenoxy) is 1. The number of carbonyl (C=O) groups is 2. The number of amides is 2. The third kappa shape index (κ3) is 6.19. The average Bonchev–Trinajstić information content (AvgIpc) is 2.43. The van der Waals surface area contributed by atoms with Crippen LogP contribution in [0.1, 0.15) is 30.1 Å². The molecule has 0 aliphatic heterocycles. The molecule has 0 aliphatic carbocycles. The van der Waals surface area contributed by atoms with Gasteiger partial charge < -0.3 is 20.5 Å². The van der Waals surface area contributed by atoms with Gasteiger partial charge in [-0.2, -0.15) is 0 Å². The van der Waals surface area contributed by atoms with Crippen molar-refractivity contribution < 1.29 is 19.4 Å². The molecule has 20 heavy (non-hydrogen) atoms. The van der Waals surface area contributed by atoms with E-state index in [4.69, 9.17) is 9.84 Å². The minimum atomic E-state index is -0.993. The fourth-order valence-electron chi connectivity index (χ4n) is 1.49. The molecule has 0 bridgehead atoms. The molecule has 3 N–H and O–H groups in total. The minimum absolute atomic E-state index is 0.184. The van der Waals surface area contributed by atoms with E-state index in [0.29, 0.717) is 18.8 Å². The first kappa shape index (κ1) is 16.0. The molecular weight excluding hydrogens is 260 g/mol. The summed E-state index contributed by atoms with van der Waals surface area (Å²) in [4.78, 5) is 22.2. The van der Waals surface area contributed by atoms with E-state index >= 15 is 0 Å². The second-order valence-electron chi connectivity index (χ2n) is 4.23. The topological polar surface area (TPSA) is 87.7 Å². The number of carbonyl (C=O) groups excluding carboxylic acids is 1. The maximum absolute atomic E-state index is 11.5. The van der Waals surface area contributed by atoms with Gasteiger partial charge in [-0.15, -0.1) is 0 Å². The summed E-state index contributed by atoms with van der Waals surface area (Å²) < 4.78 is 5.29. The Morgan fingerprint density at radius 3 is 2.50 bits per heavy atom. The second-order valence-corrected chi connectivity index (χ2v) is 4.23. The molecule has 6 heteroatoms. The van der Waals surface area contributed by atoms with Crippen LogP contribution in [-0.4, -0.2) is 36.9 Å². The van der Waals surface area contributed by atoms with Crippen molar-refractivity contribution in [1.29, 1.82) is 0 Å². The van der Waals surface area contributed by atoms with Gasteiger partial charge in [-0.3, -0.25) is 0 Å². The van der Waals surface area contributed by atoms with Crippen LogP contribution in [0, 0.1) is 0 Å². The van der Waals surface area contributed by atoms with Crippen molar-refractivity contribution in [1.82, 2.24) is 5.32 Å². The molecule has 0 saturated heterocycles. The van der Waals surface area contributed by atoms with Gasteiger partial charge in [-0.05, 0) is 37.1 Å². The minimum Gasteiger partial charge on any atom is -0.478 e. The number of benzene rings is 1. The first-order valence-electron chi connectivity index (χ1n) is 6.59. The summed E-state index contributed by atoms with van der Waals surface area (Å²) in [6.07, 6.45) is 1.74. The van der Waals surface area contributed by atoms with Crippen molar-refractivity contribution in [3.63, 3.8) is 0 Å². The highest BCUT2D eigenvalue weighted by atomic mass is 16.5. The third-order valence-electron chi connectivity index (χ3n) is 2.49. The molecule has 0 heterocycles. The summed E-state index contributed by atoms with van der Waals surface area (Å²) in [7, 11) is 0. The molecule has 0 fully saturated rings. The van der Waals surface area contributed by atoms with Crippen LogP contribution in [-0.2, 0) is 4.74 Å². The normalized spacial score (nSPS) is 10.1. The van der Waals surface area contributed by atoms with Gasteiger partial charge in [0.1, 0.15) is 0 Å². The molecule has 1 aromatic carbocycles. The number of hydrogen-bond donors (Lipinski definition) is 3. The van der Waals surface area contributed by atoms with Crippen LogP contribution in [0.25, 0.3) is 0 Å². The van der Waals surface area contributed by atoms with Crippen molar-refractivity contribution in [3.05, 3.63) is 29.8 Å². The Balaban J connectivity index is 2.23. The summed E-state index contributed by atoms with van der Waals surface area (Å²) in [6, 6.07) is 5.66. The molecule has 0 saturated carbocycles. The van der Waals surface area contributed by atoms with Crippen LogP contribution in [0.5, 0.6) is 0 Å². The molecule has 2 amide bonds. The van der Waals surface area contributed by atoms with E-state index in [9.17, 15) is 9.59 Å². The van der Waals surface area contributed by atoms with E-state index in [0.717, 1.165) is 19.4 Å². The van der Waals surface area contributed by atoms with Crippen LogP contribution in [0.2, 0.25) is 0 Å². The monoisotopic (exact) mass is 280 g/mol. The van der Waals surface area contributed by atoms with E-state index < -0.39 is 5.97 Å². The van der Waals surface area contributed by atoms with Gasteiger partial charge in [-0.25, -0.2) is 9.59 Å². The zero-order chi connectivity index (χ0) is 14.8. The lowest BCUT2D eigenvalue weighted by molar-refractivity contribution is 0.0697. The molecule has 110 valence electrons. The average molecular weight is 280 g/mol. The Morgan fingerprint density at radius 1 is 1.20 bits per heavy atom. The summed E-state index contributed by atoms with van der Waals surface area (Å²) in [6.45, 7) is 3.94. The van der Waals surface area contributed by atoms with Crippen LogP contribution in [0.4, 0.5) is 10.5 Å². The summed E-state index contributed by atoms with van der Waals surface area (Å²) in [5.74, 6) is -0.993. The largest absolute Gasteiger partial charge is 0.478 e. The number of carboxylic acid groups (broad SMARTS) is 1. The molecule has 1 rings (SSSR count). The van der Waals surface area contributed by atoms with E-state index in [1.54, 1.807) is 12.1 Å². The summed E-state index contributed by atoms with van der Waals surface area (Å²) >= 11 is 0. The standard InChI is InChI=1S/C14H20N2O4/c1-2-9-20-10-3-8-15-14(19)16-12-6-4-11(5-7-12)13(17)18/h4-7H,2-3,8-10H2,1H3,(H,17,18)(H2,15,16,19). The number of aromatic carboxylic acids is 1. The number of anilines is 1. The predicted octanol–water partition coefficient (Wildman–Crippen LogP) is 2.32. The fourth-order valence-corrected chi connectivity index (χ4v) is 1.49. The van der Waals surface area contributed by atoms with Crippen molar-refractivity contribution in [2.75, 3.05) is 25.1 Å². The van der Waals surface area contributed by atoms with Crippen molar-refractivity contribution >= 4 is 17.7 Å². The van der Waals surface area contributed by atoms with Gasteiger partial charge in [-0.1, -0.05) is 6.92 Å². The fraction of sp³-hybridized carbons (Fsp3) is 0.429. The SMILES string of the molecule is CCCOCCCNC(=O)Nc1ccc(C(=O)O)cc1. The lowest BCUT2D eigenvalue weighted by Crippen LogP contribution is -2.30. The Hall–Kier alpha value is -2.08. The van der Waals surface area contributed by atoms with Gasteiger partial charge >= 0.3 is 12.0 Å². The zero-order valence-electron chi connectivity index (χ0n) is 11.5. The lowest BCUT2D eigenvalue weighted by atomic mass is 10.2. The molecule has 0 aromatic heterocycles. The Labute approximate surface area is 118 Å². The van der Waals surface area contributed by atoms with Crippen LogP contribution in [0.15, 0.2) is 24.3 Å². The smallest absolute Gasteiger partial charge is 0.335 e. The van der Waals surface area contributed by atoms with Crippen LogP contribution in [0.3, 0.4) is 0 Å². The van der Waals surface area contributed by atoms with Gasteiger partial charge in [0, 0.05) is 25.4 Å². The molecular formula is C14H20N2O4. The number of urea groups is 1. The van der Waals surface area contributed by atoms with Crippen LogP contribution >= 0.6 is 0 Å². The zero-order valence-corrected chi connectivity index (χ0v) is 11.5. The number of nitrogens with one attached hydrogen (secondary N) is 2. The molecule has 0 radical (unpaired) electrons. The molecule has 0 aliphatic rings. The third-order valence-corrected chi connectivity index (χ3v) is 2.49. The maximum atomic E-state index is 11.5. The van der Waals surface area contributed by atoms with Crippen molar-refractivity contribution in [3.8, 4) is 0 Å². The first-order valence-corrected chi connectivity index (χ1v) is 6.59. The van der Waals surface area contributed by atoms with Crippen molar-refractivity contribution in [2.24, 2.45) is 0 Å². The van der Waals surface area contributed by atoms with E-state index in [1.165, 1.54) is 12.1 Å². The quantitative estimate of drug-likeness (QED) is 0.638. The Bertz CT molecular complexity index is 431. The van der Waals surface area contributed by atoms with E-state index in [-0.39, 0.29) is 11.6 Å². The second kappa shape index (κ2) is 8.92. The van der Waals surface area contributed by atoms with Gasteiger partial charge in [0.15, 0.2) is 0 Å². The van der Waals surface area contributed by atoms with Gasteiger partial charge in [0.05, 0.1) is 5.56 Å². The van der Waals surface area contributed by atoms with Gasteiger partial charge in [0.25, 0.3) is 0 Å². The molecule has 1 aromatic rings. The highest BCUT2D eigenvalue weighted by Gasteiger charge is 2.04. The van der Waals surface area contributed by atoms with E-state index in [2.05, 4.69) is 10.6 Å². The molecule has 0 spiro atoms.